The Morgan fingerprint density at radius 3 is 2.48 bits per heavy atom. The number of hydrogen-bond donors (Lipinski definition) is 2. The summed E-state index contributed by atoms with van der Waals surface area (Å²) in [6.45, 7) is 2.33. The maximum Gasteiger partial charge on any atom is 0.220 e. The Balaban J connectivity index is 1.72. The SMILES string of the molecule is CCS(=O)(=O)c1ccc(NCCCC(=O)NC2CC2)cc1. The maximum atomic E-state index is 11.7. The lowest BCUT2D eigenvalue weighted by Gasteiger charge is -2.08. The largest absolute Gasteiger partial charge is 0.385 e. The zero-order valence-corrected chi connectivity index (χ0v) is 13.1. The maximum absolute atomic E-state index is 11.7. The van der Waals surface area contributed by atoms with Crippen LogP contribution in [0.25, 0.3) is 0 Å². The highest BCUT2D eigenvalue weighted by Gasteiger charge is 2.22. The fourth-order valence-corrected chi connectivity index (χ4v) is 2.84. The van der Waals surface area contributed by atoms with E-state index < -0.39 is 9.84 Å². The standard InChI is InChI=1S/C15H22N2O3S/c1-2-21(19,20)14-9-7-12(8-10-14)16-11-3-4-15(18)17-13-5-6-13/h7-10,13,16H,2-6,11H2,1H3,(H,17,18). The van der Waals surface area contributed by atoms with Crippen LogP contribution in [0.3, 0.4) is 0 Å². The van der Waals surface area contributed by atoms with Crippen LogP contribution in [0.1, 0.15) is 32.6 Å². The third-order valence-electron chi connectivity index (χ3n) is 3.45. The minimum Gasteiger partial charge on any atom is -0.385 e. The molecule has 1 aliphatic carbocycles. The lowest BCUT2D eigenvalue weighted by molar-refractivity contribution is -0.121. The lowest BCUT2D eigenvalue weighted by Crippen LogP contribution is -2.25. The molecule has 116 valence electrons. The van der Waals surface area contributed by atoms with E-state index in [0.717, 1.165) is 24.9 Å². The van der Waals surface area contributed by atoms with E-state index in [1.807, 2.05) is 0 Å². The molecular weight excluding hydrogens is 288 g/mol. The summed E-state index contributed by atoms with van der Waals surface area (Å²) in [6.07, 6.45) is 3.49. The zero-order chi connectivity index (χ0) is 15.3. The molecule has 1 amide bonds. The molecule has 5 nitrogen and oxygen atoms in total. The molecule has 0 spiro atoms. The smallest absolute Gasteiger partial charge is 0.220 e. The van der Waals surface area contributed by atoms with Crippen LogP contribution in [0, 0.1) is 0 Å². The summed E-state index contributed by atoms with van der Waals surface area (Å²) in [5.74, 6) is 0.222. The summed E-state index contributed by atoms with van der Waals surface area (Å²) in [5.41, 5.74) is 0.868. The topological polar surface area (TPSA) is 75.3 Å². The first-order valence-corrected chi connectivity index (χ1v) is 9.02. The fraction of sp³-hybridized carbons (Fsp3) is 0.533. The minimum absolute atomic E-state index is 0.107. The Bertz CT molecular complexity index is 577. The number of carbonyl (C=O) groups excluding carboxylic acids is 1. The third-order valence-corrected chi connectivity index (χ3v) is 5.20. The summed E-state index contributed by atoms with van der Waals surface area (Å²) < 4.78 is 23.4. The first-order chi connectivity index (χ1) is 10.0. The minimum atomic E-state index is -3.14. The van der Waals surface area contributed by atoms with Gasteiger partial charge in [0.25, 0.3) is 0 Å². The van der Waals surface area contributed by atoms with Gasteiger partial charge in [0.2, 0.25) is 5.91 Å². The monoisotopic (exact) mass is 310 g/mol. The van der Waals surface area contributed by atoms with Gasteiger partial charge in [-0.05, 0) is 43.5 Å². The van der Waals surface area contributed by atoms with Crippen molar-refractivity contribution in [2.24, 2.45) is 0 Å². The van der Waals surface area contributed by atoms with Gasteiger partial charge in [-0.25, -0.2) is 8.42 Å². The van der Waals surface area contributed by atoms with Gasteiger partial charge in [-0.3, -0.25) is 4.79 Å². The first-order valence-electron chi connectivity index (χ1n) is 7.37. The van der Waals surface area contributed by atoms with Crippen molar-refractivity contribution in [2.75, 3.05) is 17.6 Å². The highest BCUT2D eigenvalue weighted by molar-refractivity contribution is 7.91. The Hall–Kier alpha value is -1.56. The number of anilines is 1. The molecule has 21 heavy (non-hydrogen) atoms. The highest BCUT2D eigenvalue weighted by atomic mass is 32.2. The zero-order valence-electron chi connectivity index (χ0n) is 12.3. The molecule has 2 N–H and O–H groups in total. The molecule has 1 aromatic carbocycles. The Kier molecular flexibility index (Phi) is 5.22. The molecule has 0 radical (unpaired) electrons. The van der Waals surface area contributed by atoms with Gasteiger partial charge in [-0.15, -0.1) is 0 Å². The van der Waals surface area contributed by atoms with Crippen molar-refractivity contribution >= 4 is 21.4 Å². The van der Waals surface area contributed by atoms with Gasteiger partial charge >= 0.3 is 0 Å². The number of nitrogens with one attached hydrogen (secondary N) is 2. The van der Waals surface area contributed by atoms with E-state index in [0.29, 0.717) is 23.9 Å². The second-order valence-corrected chi connectivity index (χ2v) is 7.58. The molecule has 1 fully saturated rings. The quantitative estimate of drug-likeness (QED) is 0.720. The van der Waals surface area contributed by atoms with Crippen LogP contribution in [0.2, 0.25) is 0 Å². The van der Waals surface area contributed by atoms with Crippen molar-refractivity contribution < 1.29 is 13.2 Å². The molecule has 6 heteroatoms. The van der Waals surface area contributed by atoms with Crippen LogP contribution in [-0.4, -0.2) is 32.7 Å². The highest BCUT2D eigenvalue weighted by Crippen LogP contribution is 2.19. The predicted molar refractivity (Wildman–Crippen MR) is 83.1 cm³/mol. The molecule has 1 saturated carbocycles. The van der Waals surface area contributed by atoms with Gasteiger partial charge < -0.3 is 10.6 Å². The Morgan fingerprint density at radius 2 is 1.90 bits per heavy atom. The van der Waals surface area contributed by atoms with Gasteiger partial charge in [0.1, 0.15) is 0 Å². The number of benzene rings is 1. The summed E-state index contributed by atoms with van der Waals surface area (Å²) in [5, 5.41) is 6.14. The van der Waals surface area contributed by atoms with Gasteiger partial charge in [0, 0.05) is 24.7 Å². The van der Waals surface area contributed by atoms with Gasteiger partial charge in [-0.2, -0.15) is 0 Å². The molecule has 1 aromatic rings. The van der Waals surface area contributed by atoms with Crippen molar-refractivity contribution in [1.29, 1.82) is 0 Å². The molecule has 0 bridgehead atoms. The van der Waals surface area contributed by atoms with Crippen LogP contribution in [0.5, 0.6) is 0 Å². The summed E-state index contributed by atoms with van der Waals surface area (Å²) in [6, 6.07) is 7.15. The fourth-order valence-electron chi connectivity index (χ4n) is 1.96. The van der Waals surface area contributed by atoms with Crippen LogP contribution >= 0.6 is 0 Å². The number of rotatable bonds is 8. The number of carbonyl (C=O) groups is 1. The van der Waals surface area contributed by atoms with E-state index >= 15 is 0 Å². The van der Waals surface area contributed by atoms with Crippen molar-refractivity contribution in [3.63, 3.8) is 0 Å². The Morgan fingerprint density at radius 1 is 1.24 bits per heavy atom. The van der Waals surface area contributed by atoms with Crippen molar-refractivity contribution in [3.8, 4) is 0 Å². The Labute approximate surface area is 126 Å². The van der Waals surface area contributed by atoms with Gasteiger partial charge in [-0.1, -0.05) is 6.92 Å². The van der Waals surface area contributed by atoms with E-state index in [-0.39, 0.29) is 11.7 Å². The average Bonchev–Trinajstić information content (AvgIpc) is 3.28. The molecule has 0 atom stereocenters. The molecule has 0 aliphatic heterocycles. The van der Waals surface area contributed by atoms with Crippen LogP contribution < -0.4 is 10.6 Å². The molecule has 0 saturated heterocycles. The first kappa shape index (κ1) is 15.8. The van der Waals surface area contributed by atoms with Crippen molar-refractivity contribution in [3.05, 3.63) is 24.3 Å². The van der Waals surface area contributed by atoms with Gasteiger partial charge in [0.15, 0.2) is 9.84 Å². The molecule has 0 aromatic heterocycles. The molecule has 0 heterocycles. The second-order valence-electron chi connectivity index (χ2n) is 5.30. The van der Waals surface area contributed by atoms with Crippen molar-refractivity contribution in [2.45, 2.75) is 43.5 Å². The summed E-state index contributed by atoms with van der Waals surface area (Å²) >= 11 is 0. The molecule has 2 rings (SSSR count). The second kappa shape index (κ2) is 6.93. The van der Waals surface area contributed by atoms with Crippen molar-refractivity contribution in [1.82, 2.24) is 5.32 Å². The van der Waals surface area contributed by atoms with E-state index in [1.54, 1.807) is 31.2 Å². The number of sulfone groups is 1. The van der Waals surface area contributed by atoms with Crippen LogP contribution in [0.15, 0.2) is 29.2 Å². The molecular formula is C15H22N2O3S. The van der Waals surface area contributed by atoms with E-state index in [2.05, 4.69) is 10.6 Å². The van der Waals surface area contributed by atoms with Crippen LogP contribution in [-0.2, 0) is 14.6 Å². The predicted octanol–water partition coefficient (Wildman–Crippen LogP) is 1.95. The summed E-state index contributed by atoms with van der Waals surface area (Å²) in [4.78, 5) is 11.8. The molecule has 1 aliphatic rings. The van der Waals surface area contributed by atoms with Crippen LogP contribution in [0.4, 0.5) is 5.69 Å². The summed E-state index contributed by atoms with van der Waals surface area (Å²) in [7, 11) is -3.14. The number of amides is 1. The van der Waals surface area contributed by atoms with E-state index in [4.69, 9.17) is 0 Å². The lowest BCUT2D eigenvalue weighted by atomic mass is 10.2. The molecule has 0 unspecified atom stereocenters. The van der Waals surface area contributed by atoms with E-state index in [1.165, 1.54) is 0 Å². The third kappa shape index (κ3) is 5.04. The van der Waals surface area contributed by atoms with E-state index in [9.17, 15) is 13.2 Å². The normalized spacial score (nSPS) is 14.7. The average molecular weight is 310 g/mol. The number of hydrogen-bond acceptors (Lipinski definition) is 4. The van der Waals surface area contributed by atoms with Gasteiger partial charge in [0.05, 0.1) is 10.6 Å².